The second-order valence-electron chi connectivity index (χ2n) is 5.11. The molecule has 0 unspecified atom stereocenters. The van der Waals surface area contributed by atoms with E-state index in [2.05, 4.69) is 0 Å². The largest absolute Gasteiger partial charge is 0.481 e. The van der Waals surface area contributed by atoms with E-state index in [9.17, 15) is 18.0 Å². The maximum absolute atomic E-state index is 12.4. The minimum Gasteiger partial charge on any atom is -0.481 e. The molecule has 0 aromatic heterocycles. The molecule has 0 amide bonds. The number of hydrogen-bond donors (Lipinski definition) is 1. The molecule has 1 aromatic rings. The van der Waals surface area contributed by atoms with Gasteiger partial charge in [0.2, 0.25) is 0 Å². The van der Waals surface area contributed by atoms with Crippen LogP contribution >= 0.6 is 0 Å². The predicted molar refractivity (Wildman–Crippen MR) is 61.2 cm³/mol. The molecule has 0 saturated carbocycles. The van der Waals surface area contributed by atoms with Gasteiger partial charge in [-0.15, -0.1) is 0 Å². The molecule has 0 aliphatic heterocycles. The molecule has 0 fully saturated rings. The lowest BCUT2D eigenvalue weighted by molar-refractivity contribution is -0.139. The van der Waals surface area contributed by atoms with Gasteiger partial charge in [-0.2, -0.15) is 13.2 Å². The van der Waals surface area contributed by atoms with Crippen molar-refractivity contribution >= 4 is 5.97 Å². The lowest BCUT2D eigenvalue weighted by Crippen LogP contribution is -2.19. The Labute approximate surface area is 103 Å². The van der Waals surface area contributed by atoms with Crippen LogP contribution in [0.25, 0.3) is 0 Å². The predicted octanol–water partition coefficient (Wildman–Crippen LogP) is 3.75. The Balaban J connectivity index is 2.78. The molecular formula is C13H15F3O2. The summed E-state index contributed by atoms with van der Waals surface area (Å²) in [6.07, 6.45) is -3.93. The maximum Gasteiger partial charge on any atom is 0.416 e. The van der Waals surface area contributed by atoms with Gasteiger partial charge in [0.25, 0.3) is 0 Å². The van der Waals surface area contributed by atoms with Crippen LogP contribution in [0.1, 0.15) is 31.4 Å². The van der Waals surface area contributed by atoms with Crippen LogP contribution < -0.4 is 0 Å². The first-order chi connectivity index (χ1) is 8.10. The van der Waals surface area contributed by atoms with Crippen molar-refractivity contribution in [1.29, 1.82) is 0 Å². The highest BCUT2D eigenvalue weighted by molar-refractivity contribution is 5.67. The summed E-state index contributed by atoms with van der Waals surface area (Å²) in [5.74, 6) is -0.910. The number of alkyl halides is 3. The third-order valence-corrected chi connectivity index (χ3v) is 2.59. The van der Waals surface area contributed by atoms with Gasteiger partial charge in [0, 0.05) is 0 Å². The van der Waals surface area contributed by atoms with Gasteiger partial charge < -0.3 is 5.11 Å². The van der Waals surface area contributed by atoms with Crippen LogP contribution in [-0.2, 0) is 17.4 Å². The molecule has 0 atom stereocenters. The summed E-state index contributed by atoms with van der Waals surface area (Å²) in [5.41, 5.74) is -0.470. The number of rotatable bonds is 4. The van der Waals surface area contributed by atoms with Crippen molar-refractivity contribution in [2.75, 3.05) is 0 Å². The van der Waals surface area contributed by atoms with Crippen molar-refractivity contribution in [2.24, 2.45) is 5.41 Å². The van der Waals surface area contributed by atoms with Crippen molar-refractivity contribution in [2.45, 2.75) is 32.9 Å². The van der Waals surface area contributed by atoms with E-state index >= 15 is 0 Å². The van der Waals surface area contributed by atoms with E-state index in [0.717, 1.165) is 12.1 Å². The summed E-state index contributed by atoms with van der Waals surface area (Å²) < 4.78 is 37.1. The van der Waals surface area contributed by atoms with Gasteiger partial charge in [-0.3, -0.25) is 4.79 Å². The van der Waals surface area contributed by atoms with Crippen molar-refractivity contribution in [3.63, 3.8) is 0 Å². The second kappa shape index (κ2) is 5.00. The normalized spacial score (nSPS) is 12.5. The first-order valence-corrected chi connectivity index (χ1v) is 5.48. The van der Waals surface area contributed by atoms with Crippen molar-refractivity contribution in [3.05, 3.63) is 35.4 Å². The summed E-state index contributed by atoms with van der Waals surface area (Å²) in [5, 5.41) is 8.73. The average molecular weight is 260 g/mol. The SMILES string of the molecule is CC(C)(CC(=O)O)Cc1ccc(C(F)(F)F)cc1. The van der Waals surface area contributed by atoms with Crippen molar-refractivity contribution < 1.29 is 23.1 Å². The molecule has 18 heavy (non-hydrogen) atoms. The summed E-state index contributed by atoms with van der Waals surface area (Å²) >= 11 is 0. The third kappa shape index (κ3) is 4.39. The Morgan fingerprint density at radius 3 is 2.06 bits per heavy atom. The van der Waals surface area contributed by atoms with Gasteiger partial charge >= 0.3 is 12.1 Å². The highest BCUT2D eigenvalue weighted by Gasteiger charge is 2.30. The lowest BCUT2D eigenvalue weighted by Gasteiger charge is -2.22. The summed E-state index contributed by atoms with van der Waals surface area (Å²) in [7, 11) is 0. The molecule has 0 aliphatic rings. The van der Waals surface area contributed by atoms with E-state index in [4.69, 9.17) is 5.11 Å². The number of carboxylic acid groups (broad SMARTS) is 1. The zero-order chi connectivity index (χ0) is 14.0. The van der Waals surface area contributed by atoms with E-state index in [0.29, 0.717) is 12.0 Å². The molecule has 1 aromatic carbocycles. The highest BCUT2D eigenvalue weighted by Crippen LogP contribution is 2.31. The second-order valence-corrected chi connectivity index (χ2v) is 5.11. The molecule has 0 radical (unpaired) electrons. The quantitative estimate of drug-likeness (QED) is 0.895. The van der Waals surface area contributed by atoms with E-state index in [1.54, 1.807) is 13.8 Å². The van der Waals surface area contributed by atoms with Crippen LogP contribution in [0.15, 0.2) is 24.3 Å². The molecule has 1 N–H and O–H groups in total. The Morgan fingerprint density at radius 1 is 1.17 bits per heavy atom. The number of carbonyl (C=O) groups is 1. The number of benzene rings is 1. The maximum atomic E-state index is 12.4. The molecule has 0 bridgehead atoms. The topological polar surface area (TPSA) is 37.3 Å². The molecule has 0 spiro atoms. The number of aliphatic carboxylic acids is 1. The molecular weight excluding hydrogens is 245 g/mol. The van der Waals surface area contributed by atoms with Crippen LogP contribution in [0.4, 0.5) is 13.2 Å². The molecule has 0 heterocycles. The van der Waals surface area contributed by atoms with Gasteiger partial charge in [-0.05, 0) is 29.5 Å². The van der Waals surface area contributed by atoms with Gasteiger partial charge in [0.1, 0.15) is 0 Å². The van der Waals surface area contributed by atoms with Crippen LogP contribution in [-0.4, -0.2) is 11.1 Å². The van der Waals surface area contributed by atoms with E-state index in [-0.39, 0.29) is 6.42 Å². The third-order valence-electron chi connectivity index (χ3n) is 2.59. The standard InChI is InChI=1S/C13H15F3O2/c1-12(2,8-11(17)18)7-9-3-5-10(6-4-9)13(14,15)16/h3-6H,7-8H2,1-2H3,(H,17,18). The zero-order valence-corrected chi connectivity index (χ0v) is 10.2. The smallest absolute Gasteiger partial charge is 0.416 e. The Hall–Kier alpha value is -1.52. The van der Waals surface area contributed by atoms with E-state index in [1.807, 2.05) is 0 Å². The lowest BCUT2D eigenvalue weighted by atomic mass is 9.82. The van der Waals surface area contributed by atoms with Crippen LogP contribution in [0.5, 0.6) is 0 Å². The fraction of sp³-hybridized carbons (Fsp3) is 0.462. The summed E-state index contributed by atoms with van der Waals surface area (Å²) in [6, 6.07) is 4.83. The fourth-order valence-corrected chi connectivity index (χ4v) is 1.84. The first kappa shape index (κ1) is 14.5. The fourth-order valence-electron chi connectivity index (χ4n) is 1.84. The Bertz CT molecular complexity index is 419. The molecule has 2 nitrogen and oxygen atoms in total. The number of carboxylic acids is 1. The summed E-state index contributed by atoms with van der Waals surface area (Å²) in [4.78, 5) is 10.6. The Kier molecular flexibility index (Phi) is 4.04. The van der Waals surface area contributed by atoms with E-state index < -0.39 is 23.1 Å². The van der Waals surface area contributed by atoms with Gasteiger partial charge in [-0.1, -0.05) is 26.0 Å². The van der Waals surface area contributed by atoms with Crippen molar-refractivity contribution in [3.8, 4) is 0 Å². The zero-order valence-electron chi connectivity index (χ0n) is 10.2. The molecule has 1 rings (SSSR count). The minimum atomic E-state index is -4.34. The average Bonchev–Trinajstić information content (AvgIpc) is 2.13. The van der Waals surface area contributed by atoms with Gasteiger partial charge in [0.15, 0.2) is 0 Å². The van der Waals surface area contributed by atoms with E-state index in [1.165, 1.54) is 12.1 Å². The van der Waals surface area contributed by atoms with Crippen LogP contribution in [0.2, 0.25) is 0 Å². The molecule has 0 saturated heterocycles. The van der Waals surface area contributed by atoms with Crippen molar-refractivity contribution in [1.82, 2.24) is 0 Å². The molecule has 100 valence electrons. The van der Waals surface area contributed by atoms with Crippen LogP contribution in [0, 0.1) is 5.41 Å². The first-order valence-electron chi connectivity index (χ1n) is 5.48. The van der Waals surface area contributed by atoms with Gasteiger partial charge in [0.05, 0.1) is 12.0 Å². The monoisotopic (exact) mass is 260 g/mol. The molecule has 5 heteroatoms. The number of halogens is 3. The Morgan fingerprint density at radius 2 is 1.67 bits per heavy atom. The summed E-state index contributed by atoms with van der Waals surface area (Å²) in [6.45, 7) is 3.55. The number of hydrogen-bond acceptors (Lipinski definition) is 1. The minimum absolute atomic E-state index is 0.0198. The highest BCUT2D eigenvalue weighted by atomic mass is 19.4. The van der Waals surface area contributed by atoms with Gasteiger partial charge in [-0.25, -0.2) is 0 Å². The van der Waals surface area contributed by atoms with Crippen LogP contribution in [0.3, 0.4) is 0 Å². The molecule has 0 aliphatic carbocycles.